The van der Waals surface area contributed by atoms with Crippen molar-refractivity contribution in [1.29, 1.82) is 0 Å². The van der Waals surface area contributed by atoms with Crippen LogP contribution >= 0.6 is 11.6 Å². The zero-order valence-corrected chi connectivity index (χ0v) is 11.8. The van der Waals surface area contributed by atoms with E-state index in [2.05, 4.69) is 10.0 Å². The Morgan fingerprint density at radius 3 is 2.63 bits per heavy atom. The molecule has 0 aliphatic heterocycles. The molecule has 0 amide bonds. The van der Waals surface area contributed by atoms with Crippen molar-refractivity contribution in [2.24, 2.45) is 0 Å². The zero-order chi connectivity index (χ0) is 14.5. The lowest BCUT2D eigenvalue weighted by Crippen LogP contribution is -2.30. The summed E-state index contributed by atoms with van der Waals surface area (Å²) >= 11 is 5.69. The third kappa shape index (κ3) is 5.97. The van der Waals surface area contributed by atoms with E-state index in [1.165, 1.54) is 12.1 Å². The first-order valence-electron chi connectivity index (χ1n) is 5.38. The predicted octanol–water partition coefficient (Wildman–Crippen LogP) is 0.887. The van der Waals surface area contributed by atoms with Crippen LogP contribution in [-0.4, -0.2) is 32.7 Å². The second-order valence-electron chi connectivity index (χ2n) is 3.89. The number of nitro groups is 1. The SMILES string of the molecule is CS(=O)(=O)NCCNCc1ccc(Cl)c([N+](=O)[O-])c1. The van der Waals surface area contributed by atoms with Gasteiger partial charge in [0.05, 0.1) is 11.2 Å². The molecular formula is C10H14ClN3O4S. The average molecular weight is 308 g/mol. The van der Waals surface area contributed by atoms with Crippen molar-refractivity contribution in [3.8, 4) is 0 Å². The lowest BCUT2D eigenvalue weighted by atomic mass is 10.2. The molecule has 0 heterocycles. The van der Waals surface area contributed by atoms with Gasteiger partial charge in [0.2, 0.25) is 10.0 Å². The molecule has 1 rings (SSSR count). The van der Waals surface area contributed by atoms with Gasteiger partial charge in [-0.15, -0.1) is 0 Å². The van der Waals surface area contributed by atoms with E-state index in [-0.39, 0.29) is 17.3 Å². The first-order valence-corrected chi connectivity index (χ1v) is 7.65. The Morgan fingerprint density at radius 2 is 2.05 bits per heavy atom. The minimum absolute atomic E-state index is 0.0903. The van der Waals surface area contributed by atoms with Crippen LogP contribution < -0.4 is 10.0 Å². The van der Waals surface area contributed by atoms with E-state index in [1.807, 2.05) is 0 Å². The fraction of sp³-hybridized carbons (Fsp3) is 0.400. The van der Waals surface area contributed by atoms with E-state index in [9.17, 15) is 18.5 Å². The van der Waals surface area contributed by atoms with Gasteiger partial charge in [-0.25, -0.2) is 13.1 Å². The van der Waals surface area contributed by atoms with Crippen LogP contribution in [0.4, 0.5) is 5.69 Å². The van der Waals surface area contributed by atoms with Gasteiger partial charge in [-0.3, -0.25) is 10.1 Å². The molecule has 2 N–H and O–H groups in total. The fourth-order valence-corrected chi connectivity index (χ4v) is 2.03. The van der Waals surface area contributed by atoms with Crippen LogP contribution in [0.5, 0.6) is 0 Å². The molecule has 9 heteroatoms. The van der Waals surface area contributed by atoms with Gasteiger partial charge in [-0.1, -0.05) is 17.7 Å². The second-order valence-corrected chi connectivity index (χ2v) is 6.13. The van der Waals surface area contributed by atoms with Gasteiger partial charge in [0, 0.05) is 25.7 Å². The molecule has 0 aliphatic rings. The van der Waals surface area contributed by atoms with E-state index in [0.29, 0.717) is 18.7 Å². The van der Waals surface area contributed by atoms with Gasteiger partial charge in [0.25, 0.3) is 5.69 Å². The molecule has 0 aliphatic carbocycles. The number of nitro benzene ring substituents is 1. The zero-order valence-electron chi connectivity index (χ0n) is 10.2. The highest BCUT2D eigenvalue weighted by molar-refractivity contribution is 7.88. The Kier molecular flexibility index (Phi) is 5.67. The maximum Gasteiger partial charge on any atom is 0.288 e. The van der Waals surface area contributed by atoms with Crippen molar-refractivity contribution in [2.75, 3.05) is 19.3 Å². The standard InChI is InChI=1S/C10H14ClN3O4S/c1-19(17,18)13-5-4-12-7-8-2-3-9(11)10(6-8)14(15)16/h2-3,6,12-13H,4-5,7H2,1H3. The normalized spacial score (nSPS) is 11.5. The van der Waals surface area contributed by atoms with Crippen molar-refractivity contribution in [2.45, 2.75) is 6.54 Å². The minimum Gasteiger partial charge on any atom is -0.311 e. The number of nitrogens with zero attached hydrogens (tertiary/aromatic N) is 1. The van der Waals surface area contributed by atoms with Crippen molar-refractivity contribution in [3.63, 3.8) is 0 Å². The first-order chi connectivity index (χ1) is 8.79. The number of rotatable bonds is 7. The van der Waals surface area contributed by atoms with Gasteiger partial charge >= 0.3 is 0 Å². The van der Waals surface area contributed by atoms with Crippen LogP contribution in [0.25, 0.3) is 0 Å². The summed E-state index contributed by atoms with van der Waals surface area (Å²) in [5.74, 6) is 0. The summed E-state index contributed by atoms with van der Waals surface area (Å²) in [6.07, 6.45) is 1.08. The van der Waals surface area contributed by atoms with Crippen LogP contribution in [-0.2, 0) is 16.6 Å². The first kappa shape index (κ1) is 15.8. The Labute approximate surface area is 116 Å². The summed E-state index contributed by atoms with van der Waals surface area (Å²) in [6, 6.07) is 4.52. The minimum atomic E-state index is -3.19. The van der Waals surface area contributed by atoms with E-state index >= 15 is 0 Å². The van der Waals surface area contributed by atoms with Gasteiger partial charge in [-0.2, -0.15) is 0 Å². The largest absolute Gasteiger partial charge is 0.311 e. The maximum atomic E-state index is 10.8. The summed E-state index contributed by atoms with van der Waals surface area (Å²) < 4.78 is 23.9. The molecule has 0 unspecified atom stereocenters. The summed E-state index contributed by atoms with van der Waals surface area (Å²) in [7, 11) is -3.19. The van der Waals surface area contributed by atoms with Crippen molar-refractivity contribution in [1.82, 2.24) is 10.0 Å². The number of halogens is 1. The van der Waals surface area contributed by atoms with E-state index in [4.69, 9.17) is 11.6 Å². The smallest absolute Gasteiger partial charge is 0.288 e. The molecule has 7 nitrogen and oxygen atoms in total. The van der Waals surface area contributed by atoms with Crippen LogP contribution in [0, 0.1) is 10.1 Å². The van der Waals surface area contributed by atoms with Crippen LogP contribution in [0.15, 0.2) is 18.2 Å². The van der Waals surface area contributed by atoms with Crippen molar-refractivity contribution >= 4 is 27.3 Å². The lowest BCUT2D eigenvalue weighted by Gasteiger charge is -2.06. The molecule has 106 valence electrons. The Morgan fingerprint density at radius 1 is 1.37 bits per heavy atom. The molecule has 0 bridgehead atoms. The van der Waals surface area contributed by atoms with E-state index in [0.717, 1.165) is 6.26 Å². The molecule has 0 fully saturated rings. The third-order valence-corrected chi connectivity index (χ3v) is 3.25. The monoisotopic (exact) mass is 307 g/mol. The molecule has 0 saturated heterocycles. The van der Waals surface area contributed by atoms with Gasteiger partial charge in [0.1, 0.15) is 5.02 Å². The van der Waals surface area contributed by atoms with Crippen LogP contribution in [0.1, 0.15) is 5.56 Å². The fourth-order valence-electron chi connectivity index (χ4n) is 1.37. The van der Waals surface area contributed by atoms with Gasteiger partial charge in [-0.05, 0) is 11.6 Å². The lowest BCUT2D eigenvalue weighted by molar-refractivity contribution is -0.384. The molecular weight excluding hydrogens is 294 g/mol. The van der Waals surface area contributed by atoms with Crippen LogP contribution in [0.2, 0.25) is 5.02 Å². The maximum absolute atomic E-state index is 10.8. The molecule has 19 heavy (non-hydrogen) atoms. The van der Waals surface area contributed by atoms with E-state index < -0.39 is 14.9 Å². The number of hydrogen-bond donors (Lipinski definition) is 2. The number of nitrogens with one attached hydrogen (secondary N) is 2. The number of benzene rings is 1. The molecule has 0 atom stereocenters. The van der Waals surface area contributed by atoms with Crippen LogP contribution in [0.3, 0.4) is 0 Å². The Hall–Kier alpha value is -1.22. The summed E-state index contributed by atoms with van der Waals surface area (Å²) in [5, 5.41) is 13.7. The molecule has 0 saturated carbocycles. The average Bonchev–Trinajstić information content (AvgIpc) is 2.29. The van der Waals surface area contributed by atoms with Gasteiger partial charge in [0.15, 0.2) is 0 Å². The quantitative estimate of drug-likeness (QED) is 0.442. The third-order valence-electron chi connectivity index (χ3n) is 2.20. The van der Waals surface area contributed by atoms with Gasteiger partial charge < -0.3 is 5.32 Å². The van der Waals surface area contributed by atoms with Crippen molar-refractivity contribution < 1.29 is 13.3 Å². The summed E-state index contributed by atoms with van der Waals surface area (Å²) in [4.78, 5) is 10.1. The summed E-state index contributed by atoms with van der Waals surface area (Å²) in [5.41, 5.74) is 0.561. The highest BCUT2D eigenvalue weighted by Crippen LogP contribution is 2.24. The second kappa shape index (κ2) is 6.80. The number of hydrogen-bond acceptors (Lipinski definition) is 5. The summed E-state index contributed by atoms with van der Waals surface area (Å²) in [6.45, 7) is 1.07. The Balaban J connectivity index is 2.46. The molecule has 1 aromatic rings. The number of sulfonamides is 1. The molecule has 0 spiro atoms. The predicted molar refractivity (Wildman–Crippen MR) is 72.7 cm³/mol. The van der Waals surface area contributed by atoms with Crippen molar-refractivity contribution in [3.05, 3.63) is 38.9 Å². The molecule has 0 aromatic heterocycles. The molecule has 1 aromatic carbocycles. The molecule has 0 radical (unpaired) electrons. The highest BCUT2D eigenvalue weighted by atomic mass is 35.5. The topological polar surface area (TPSA) is 101 Å². The van der Waals surface area contributed by atoms with E-state index in [1.54, 1.807) is 6.07 Å². The highest BCUT2D eigenvalue weighted by Gasteiger charge is 2.12. The Bertz CT molecular complexity index is 562.